The van der Waals surface area contributed by atoms with Crippen LogP contribution in [0, 0.1) is 0 Å². The molecule has 86 valence electrons. The molecule has 0 saturated heterocycles. The highest BCUT2D eigenvalue weighted by atomic mass is 16.5. The molecular formula is C10H14N4O2. The molecule has 16 heavy (non-hydrogen) atoms. The smallest absolute Gasteiger partial charge is 0.211 e. The summed E-state index contributed by atoms with van der Waals surface area (Å²) in [6, 6.07) is 7.21. The highest BCUT2D eigenvalue weighted by Gasteiger charge is 1.93. The van der Waals surface area contributed by atoms with Crippen LogP contribution in [-0.2, 0) is 0 Å². The average molecular weight is 222 g/mol. The second-order valence-electron chi connectivity index (χ2n) is 2.81. The first-order chi connectivity index (χ1) is 7.72. The van der Waals surface area contributed by atoms with Gasteiger partial charge in [0.2, 0.25) is 5.96 Å². The minimum absolute atomic E-state index is 0.0827. The minimum atomic E-state index is -0.0827. The maximum Gasteiger partial charge on any atom is 0.211 e. The summed E-state index contributed by atoms with van der Waals surface area (Å²) in [4.78, 5) is 0. The molecule has 0 saturated carbocycles. The third-order valence-corrected chi connectivity index (χ3v) is 1.64. The van der Waals surface area contributed by atoms with Crippen LogP contribution in [0.5, 0.6) is 11.5 Å². The molecule has 1 aromatic rings. The lowest BCUT2D eigenvalue weighted by atomic mass is 10.3. The van der Waals surface area contributed by atoms with Gasteiger partial charge in [0.25, 0.3) is 0 Å². The van der Waals surface area contributed by atoms with Crippen molar-refractivity contribution in [3.05, 3.63) is 24.3 Å². The van der Waals surface area contributed by atoms with Crippen LogP contribution in [0.2, 0.25) is 0 Å². The zero-order valence-electron chi connectivity index (χ0n) is 8.96. The quantitative estimate of drug-likeness (QED) is 0.426. The molecule has 0 spiro atoms. The Morgan fingerprint density at radius 2 is 1.88 bits per heavy atom. The Labute approximate surface area is 93.6 Å². The molecule has 0 heterocycles. The molecule has 0 unspecified atom stereocenters. The molecular weight excluding hydrogens is 208 g/mol. The highest BCUT2D eigenvalue weighted by Crippen LogP contribution is 2.16. The number of hydrogen-bond donors (Lipinski definition) is 2. The molecule has 0 bridgehead atoms. The van der Waals surface area contributed by atoms with E-state index in [0.717, 1.165) is 11.5 Å². The molecule has 0 fully saturated rings. The Balaban J connectivity index is 2.37. The lowest BCUT2D eigenvalue weighted by molar-refractivity contribution is 0.377. The fourth-order valence-electron chi connectivity index (χ4n) is 0.946. The van der Waals surface area contributed by atoms with Crippen molar-refractivity contribution in [2.75, 3.05) is 13.7 Å². The highest BCUT2D eigenvalue weighted by molar-refractivity contribution is 5.76. The summed E-state index contributed by atoms with van der Waals surface area (Å²) in [5.41, 5.74) is 10.2. The first-order valence-corrected chi connectivity index (χ1v) is 4.59. The van der Waals surface area contributed by atoms with Crippen molar-refractivity contribution in [3.63, 3.8) is 0 Å². The van der Waals surface area contributed by atoms with Gasteiger partial charge in [0, 0.05) is 0 Å². The second-order valence-corrected chi connectivity index (χ2v) is 2.81. The normalized spacial score (nSPS) is 10.1. The average Bonchev–Trinajstić information content (AvgIpc) is 2.29. The third kappa shape index (κ3) is 4.32. The summed E-state index contributed by atoms with van der Waals surface area (Å²) < 4.78 is 10.3. The standard InChI is InChI=1S/C10H14N4O2/c1-15-8-2-4-9(5-3-8)16-7-6-13-14-10(11)12/h2-6H,7H2,1H3,(H4,11,12,14). The van der Waals surface area contributed by atoms with Gasteiger partial charge in [-0.3, -0.25) is 0 Å². The molecule has 4 N–H and O–H groups in total. The second kappa shape index (κ2) is 6.28. The van der Waals surface area contributed by atoms with E-state index in [4.69, 9.17) is 20.9 Å². The maximum absolute atomic E-state index is 5.33. The molecule has 0 radical (unpaired) electrons. The van der Waals surface area contributed by atoms with Crippen LogP contribution in [0.1, 0.15) is 0 Å². The Kier molecular flexibility index (Phi) is 4.65. The van der Waals surface area contributed by atoms with E-state index in [-0.39, 0.29) is 5.96 Å². The van der Waals surface area contributed by atoms with E-state index < -0.39 is 0 Å². The van der Waals surface area contributed by atoms with E-state index in [1.54, 1.807) is 19.2 Å². The number of nitrogens with zero attached hydrogens (tertiary/aromatic N) is 2. The number of nitrogens with two attached hydrogens (primary N) is 2. The van der Waals surface area contributed by atoms with Crippen molar-refractivity contribution < 1.29 is 9.47 Å². The summed E-state index contributed by atoms with van der Waals surface area (Å²) >= 11 is 0. The first kappa shape index (κ1) is 11.8. The van der Waals surface area contributed by atoms with E-state index in [2.05, 4.69) is 10.2 Å². The van der Waals surface area contributed by atoms with Gasteiger partial charge in [-0.05, 0) is 24.3 Å². The van der Waals surface area contributed by atoms with Gasteiger partial charge < -0.3 is 20.9 Å². The van der Waals surface area contributed by atoms with Gasteiger partial charge in [-0.25, -0.2) is 0 Å². The van der Waals surface area contributed by atoms with Crippen LogP contribution in [0.4, 0.5) is 0 Å². The zero-order valence-corrected chi connectivity index (χ0v) is 8.96. The molecule has 1 rings (SSSR count). The van der Waals surface area contributed by atoms with Gasteiger partial charge in [-0.15, -0.1) is 5.10 Å². The summed E-state index contributed by atoms with van der Waals surface area (Å²) in [5, 5.41) is 7.01. The lowest BCUT2D eigenvalue weighted by Gasteiger charge is -2.03. The largest absolute Gasteiger partial charge is 0.497 e. The van der Waals surface area contributed by atoms with E-state index in [9.17, 15) is 0 Å². The van der Waals surface area contributed by atoms with Gasteiger partial charge in [0.1, 0.15) is 18.1 Å². The van der Waals surface area contributed by atoms with Gasteiger partial charge in [0.05, 0.1) is 13.3 Å². The van der Waals surface area contributed by atoms with Crippen molar-refractivity contribution >= 4 is 12.2 Å². The Morgan fingerprint density at radius 3 is 2.44 bits per heavy atom. The molecule has 1 aromatic carbocycles. The van der Waals surface area contributed by atoms with Crippen LogP contribution in [0.15, 0.2) is 34.5 Å². The van der Waals surface area contributed by atoms with Crippen molar-refractivity contribution in [2.24, 2.45) is 21.7 Å². The van der Waals surface area contributed by atoms with E-state index in [0.29, 0.717) is 6.61 Å². The SMILES string of the molecule is COc1ccc(OCC=NN=C(N)N)cc1. The van der Waals surface area contributed by atoms with Crippen molar-refractivity contribution in [3.8, 4) is 11.5 Å². The van der Waals surface area contributed by atoms with Gasteiger partial charge in [-0.1, -0.05) is 0 Å². The molecule has 6 nitrogen and oxygen atoms in total. The fraction of sp³-hybridized carbons (Fsp3) is 0.200. The molecule has 0 aliphatic carbocycles. The van der Waals surface area contributed by atoms with Gasteiger partial charge in [-0.2, -0.15) is 5.10 Å². The number of ether oxygens (including phenoxy) is 2. The Bertz CT molecular complexity index is 369. The van der Waals surface area contributed by atoms with Crippen LogP contribution >= 0.6 is 0 Å². The molecule has 0 atom stereocenters. The van der Waals surface area contributed by atoms with Gasteiger partial charge >= 0.3 is 0 Å². The summed E-state index contributed by atoms with van der Waals surface area (Å²) in [7, 11) is 1.61. The Morgan fingerprint density at radius 1 is 1.25 bits per heavy atom. The zero-order chi connectivity index (χ0) is 11.8. The van der Waals surface area contributed by atoms with E-state index in [1.165, 1.54) is 6.21 Å². The monoisotopic (exact) mass is 222 g/mol. The Hall–Kier alpha value is -2.24. The molecule has 0 aliphatic rings. The third-order valence-electron chi connectivity index (χ3n) is 1.64. The van der Waals surface area contributed by atoms with E-state index >= 15 is 0 Å². The van der Waals surface area contributed by atoms with E-state index in [1.807, 2.05) is 12.1 Å². The molecule has 0 aromatic heterocycles. The van der Waals surface area contributed by atoms with Crippen LogP contribution < -0.4 is 20.9 Å². The van der Waals surface area contributed by atoms with Crippen molar-refractivity contribution in [1.82, 2.24) is 0 Å². The number of methoxy groups -OCH3 is 1. The van der Waals surface area contributed by atoms with Crippen LogP contribution in [-0.4, -0.2) is 25.9 Å². The molecule has 6 heteroatoms. The summed E-state index contributed by atoms with van der Waals surface area (Å²) in [5.74, 6) is 1.42. The number of guanidine groups is 1. The summed E-state index contributed by atoms with van der Waals surface area (Å²) in [6.07, 6.45) is 1.46. The van der Waals surface area contributed by atoms with Crippen molar-refractivity contribution in [1.29, 1.82) is 0 Å². The lowest BCUT2D eigenvalue weighted by Crippen LogP contribution is -2.21. The van der Waals surface area contributed by atoms with Gasteiger partial charge in [0.15, 0.2) is 0 Å². The number of rotatable bonds is 5. The predicted molar refractivity (Wildman–Crippen MR) is 62.8 cm³/mol. The fourth-order valence-corrected chi connectivity index (χ4v) is 0.946. The minimum Gasteiger partial charge on any atom is -0.497 e. The first-order valence-electron chi connectivity index (χ1n) is 4.59. The predicted octanol–water partition coefficient (Wildman–Crippen LogP) is 0.333. The van der Waals surface area contributed by atoms with Crippen LogP contribution in [0.3, 0.4) is 0 Å². The molecule has 0 aliphatic heterocycles. The number of hydrogen-bond acceptors (Lipinski definition) is 4. The number of benzene rings is 1. The topological polar surface area (TPSA) is 95.2 Å². The van der Waals surface area contributed by atoms with Crippen molar-refractivity contribution in [2.45, 2.75) is 0 Å². The maximum atomic E-state index is 5.33. The summed E-state index contributed by atoms with van der Waals surface area (Å²) in [6.45, 7) is 0.295. The molecule has 0 amide bonds. The van der Waals surface area contributed by atoms with Crippen LogP contribution in [0.25, 0.3) is 0 Å².